The first-order valence-electron chi connectivity index (χ1n) is 8.26. The average molecular weight is 383 g/mol. The number of aromatic nitrogens is 3. The molecule has 140 valence electrons. The lowest BCUT2D eigenvalue weighted by Crippen LogP contribution is -2.24. The van der Waals surface area contributed by atoms with Crippen LogP contribution in [0.4, 0.5) is 14.6 Å². The number of pyridine rings is 1. The van der Waals surface area contributed by atoms with Crippen molar-refractivity contribution in [3.63, 3.8) is 0 Å². The summed E-state index contributed by atoms with van der Waals surface area (Å²) in [5, 5.41) is 3.06. The molecule has 4 rings (SSSR count). The second-order valence-corrected chi connectivity index (χ2v) is 8.82. The molecule has 2 aromatic rings. The maximum atomic E-state index is 13.3. The number of rotatable bonds is 5. The van der Waals surface area contributed by atoms with Crippen LogP contribution >= 0.6 is 0 Å². The van der Waals surface area contributed by atoms with Crippen LogP contribution in [0.15, 0.2) is 29.7 Å². The molecule has 26 heavy (non-hydrogen) atoms. The van der Waals surface area contributed by atoms with Gasteiger partial charge in [0.15, 0.2) is 0 Å². The van der Waals surface area contributed by atoms with Crippen molar-refractivity contribution in [2.24, 2.45) is 18.9 Å². The molecule has 2 fully saturated rings. The maximum Gasteiger partial charge on any atom is 0.248 e. The summed E-state index contributed by atoms with van der Waals surface area (Å²) in [6, 6.07) is 1.34. The number of fused-ring (bicyclic) bond motifs is 1. The summed E-state index contributed by atoms with van der Waals surface area (Å²) < 4.78 is 55.6. The zero-order valence-electron chi connectivity index (χ0n) is 14.3. The number of nitrogens with one attached hydrogen (secondary N) is 2. The molecule has 10 heteroatoms. The lowest BCUT2D eigenvalue weighted by Gasteiger charge is -2.16. The Labute approximate surface area is 149 Å². The Hall–Kier alpha value is -2.07. The number of imidazole rings is 1. The molecule has 2 atom stereocenters. The Bertz CT molecular complexity index is 945. The van der Waals surface area contributed by atoms with Crippen LogP contribution in [0, 0.1) is 11.8 Å². The molecule has 0 saturated heterocycles. The molecule has 0 amide bonds. The van der Waals surface area contributed by atoms with E-state index in [1.165, 1.54) is 19.3 Å². The monoisotopic (exact) mass is 383 g/mol. The van der Waals surface area contributed by atoms with E-state index < -0.39 is 15.9 Å². The molecule has 7 nitrogen and oxygen atoms in total. The van der Waals surface area contributed by atoms with Crippen molar-refractivity contribution in [2.75, 3.05) is 12.4 Å². The Morgan fingerprint density at radius 1 is 1.27 bits per heavy atom. The third-order valence-electron chi connectivity index (χ3n) is 5.12. The molecule has 2 saturated carbocycles. The van der Waals surface area contributed by atoms with Gasteiger partial charge in [-0.1, -0.05) is 0 Å². The van der Waals surface area contributed by atoms with E-state index in [2.05, 4.69) is 20.0 Å². The number of alkyl halides is 2. The van der Waals surface area contributed by atoms with Gasteiger partial charge in [-0.05, 0) is 24.9 Å². The molecule has 0 aliphatic heterocycles. The summed E-state index contributed by atoms with van der Waals surface area (Å²) >= 11 is 0. The van der Waals surface area contributed by atoms with E-state index in [9.17, 15) is 17.2 Å². The van der Waals surface area contributed by atoms with Gasteiger partial charge in [-0.2, -0.15) is 0 Å². The van der Waals surface area contributed by atoms with Crippen LogP contribution in [0.2, 0.25) is 0 Å². The van der Waals surface area contributed by atoms with Crippen molar-refractivity contribution in [3.05, 3.63) is 24.8 Å². The van der Waals surface area contributed by atoms with E-state index in [0.29, 0.717) is 11.3 Å². The minimum Gasteiger partial charge on any atom is -0.366 e. The van der Waals surface area contributed by atoms with Crippen LogP contribution in [-0.2, 0) is 17.1 Å². The molecule has 2 unspecified atom stereocenters. The molecule has 0 spiro atoms. The highest BCUT2D eigenvalue weighted by Gasteiger charge is 2.63. The van der Waals surface area contributed by atoms with Gasteiger partial charge in [-0.15, -0.1) is 0 Å². The second-order valence-electron chi connectivity index (χ2n) is 6.96. The summed E-state index contributed by atoms with van der Waals surface area (Å²) in [5.41, 5.74) is 1.16. The fourth-order valence-corrected chi connectivity index (χ4v) is 4.58. The molecule has 0 bridgehead atoms. The second kappa shape index (κ2) is 5.71. The first-order valence-corrected chi connectivity index (χ1v) is 9.75. The standard InChI is InChI=1S/C16H19F2N5O2S/c1-19-26(24,25)13-3-9(12-7-23(2)8-21-12)6-20-15(13)22-14-10-4-16(17,18)5-11(10)14/h3,6-8,10-11,14,19H,4-5H2,1-2H3,(H,20,22). The quantitative estimate of drug-likeness (QED) is 0.823. The first kappa shape index (κ1) is 17.3. The molecule has 0 radical (unpaired) electrons. The zero-order chi connectivity index (χ0) is 18.7. The van der Waals surface area contributed by atoms with Crippen molar-refractivity contribution in [1.29, 1.82) is 0 Å². The third kappa shape index (κ3) is 2.96. The van der Waals surface area contributed by atoms with E-state index in [0.717, 1.165) is 0 Å². The van der Waals surface area contributed by atoms with Crippen molar-refractivity contribution >= 4 is 15.8 Å². The highest BCUT2D eigenvalue weighted by molar-refractivity contribution is 7.89. The van der Waals surface area contributed by atoms with E-state index in [4.69, 9.17) is 0 Å². The van der Waals surface area contributed by atoms with Crippen LogP contribution < -0.4 is 10.0 Å². The molecule has 0 aromatic carbocycles. The van der Waals surface area contributed by atoms with Gasteiger partial charge in [0.1, 0.15) is 10.7 Å². The number of sulfonamides is 1. The number of aryl methyl sites for hydroxylation is 1. The minimum atomic E-state index is -3.77. The minimum absolute atomic E-state index is 0.0140. The SMILES string of the molecule is CNS(=O)(=O)c1cc(-c2cn(C)cn2)cnc1NC1C2CC(F)(F)CC21. The zero-order valence-corrected chi connectivity index (χ0v) is 15.1. The molecule has 2 heterocycles. The number of hydrogen-bond donors (Lipinski definition) is 2. The van der Waals surface area contributed by atoms with Crippen molar-refractivity contribution in [3.8, 4) is 11.3 Å². The lowest BCUT2D eigenvalue weighted by molar-refractivity contribution is -0.00449. The molecule has 2 aliphatic carbocycles. The highest BCUT2D eigenvalue weighted by Crippen LogP contribution is 2.59. The van der Waals surface area contributed by atoms with Gasteiger partial charge in [0, 0.05) is 43.9 Å². The Kier molecular flexibility index (Phi) is 3.81. The summed E-state index contributed by atoms with van der Waals surface area (Å²) in [6.45, 7) is 0. The first-order chi connectivity index (χ1) is 12.2. The van der Waals surface area contributed by atoms with Gasteiger partial charge in [-0.3, -0.25) is 0 Å². The molecule has 2 N–H and O–H groups in total. The Balaban J connectivity index is 1.65. The van der Waals surface area contributed by atoms with Crippen LogP contribution in [0.5, 0.6) is 0 Å². The van der Waals surface area contributed by atoms with E-state index >= 15 is 0 Å². The molecular weight excluding hydrogens is 364 g/mol. The van der Waals surface area contributed by atoms with Gasteiger partial charge >= 0.3 is 0 Å². The topological polar surface area (TPSA) is 88.9 Å². The number of anilines is 1. The van der Waals surface area contributed by atoms with Crippen LogP contribution in [0.1, 0.15) is 12.8 Å². The van der Waals surface area contributed by atoms with Gasteiger partial charge in [-0.25, -0.2) is 31.9 Å². The fourth-order valence-electron chi connectivity index (χ4n) is 3.72. The Morgan fingerprint density at radius 2 is 1.96 bits per heavy atom. The summed E-state index contributed by atoms with van der Waals surface area (Å²) in [5.74, 6) is -2.69. The van der Waals surface area contributed by atoms with E-state index in [1.807, 2.05) is 7.05 Å². The summed E-state index contributed by atoms with van der Waals surface area (Å²) in [4.78, 5) is 8.45. The highest BCUT2D eigenvalue weighted by atomic mass is 32.2. The van der Waals surface area contributed by atoms with Crippen molar-refractivity contribution in [2.45, 2.75) is 29.7 Å². The van der Waals surface area contributed by atoms with E-state index in [-0.39, 0.29) is 41.4 Å². The number of hydrogen-bond acceptors (Lipinski definition) is 5. The van der Waals surface area contributed by atoms with Crippen molar-refractivity contribution < 1.29 is 17.2 Å². The predicted octanol–water partition coefficient (Wildman–Crippen LogP) is 1.85. The van der Waals surface area contributed by atoms with Crippen LogP contribution in [-0.4, -0.2) is 42.0 Å². The lowest BCUT2D eigenvalue weighted by atomic mass is 10.1. The van der Waals surface area contributed by atoms with Gasteiger partial charge in [0.2, 0.25) is 15.9 Å². The average Bonchev–Trinajstić information content (AvgIpc) is 2.92. The van der Waals surface area contributed by atoms with Gasteiger partial charge in [0.25, 0.3) is 0 Å². The number of halogens is 2. The van der Waals surface area contributed by atoms with Crippen molar-refractivity contribution in [1.82, 2.24) is 19.3 Å². The molecular formula is C16H19F2N5O2S. The molecule has 2 aromatic heterocycles. The fraction of sp³-hybridized carbons (Fsp3) is 0.500. The largest absolute Gasteiger partial charge is 0.366 e. The Morgan fingerprint density at radius 3 is 2.54 bits per heavy atom. The summed E-state index contributed by atoms with van der Waals surface area (Å²) in [7, 11) is -0.644. The normalized spacial score (nSPS) is 26.5. The number of nitrogens with zero attached hydrogens (tertiary/aromatic N) is 3. The maximum absolute atomic E-state index is 13.3. The van der Waals surface area contributed by atoms with Gasteiger partial charge < -0.3 is 9.88 Å². The third-order valence-corrected chi connectivity index (χ3v) is 6.54. The van der Waals surface area contributed by atoms with Crippen LogP contribution in [0.25, 0.3) is 11.3 Å². The predicted molar refractivity (Wildman–Crippen MR) is 91.3 cm³/mol. The van der Waals surface area contributed by atoms with Crippen LogP contribution in [0.3, 0.4) is 0 Å². The summed E-state index contributed by atoms with van der Waals surface area (Å²) in [6.07, 6.45) is 4.59. The van der Waals surface area contributed by atoms with Gasteiger partial charge in [0.05, 0.1) is 12.0 Å². The van der Waals surface area contributed by atoms with E-state index in [1.54, 1.807) is 17.1 Å². The smallest absolute Gasteiger partial charge is 0.248 e. The molecule has 2 aliphatic rings.